The van der Waals surface area contributed by atoms with Gasteiger partial charge >= 0.3 is 0 Å². The van der Waals surface area contributed by atoms with E-state index in [9.17, 15) is 14.0 Å². The van der Waals surface area contributed by atoms with Gasteiger partial charge in [0.1, 0.15) is 5.82 Å². The van der Waals surface area contributed by atoms with Crippen LogP contribution in [-0.2, 0) is 16.0 Å². The highest BCUT2D eigenvalue weighted by molar-refractivity contribution is 6.33. The normalized spacial score (nSPS) is 15.8. The molecule has 1 unspecified atom stereocenters. The van der Waals surface area contributed by atoms with Crippen molar-refractivity contribution in [3.05, 3.63) is 64.4 Å². The summed E-state index contributed by atoms with van der Waals surface area (Å²) in [5.74, 6) is -0.556. The first-order chi connectivity index (χ1) is 13.8. The van der Waals surface area contributed by atoms with E-state index < -0.39 is 5.82 Å². The van der Waals surface area contributed by atoms with Crippen LogP contribution in [0, 0.1) is 12.7 Å². The second-order valence-corrected chi connectivity index (χ2v) is 7.72. The molecule has 29 heavy (non-hydrogen) atoms. The van der Waals surface area contributed by atoms with Gasteiger partial charge < -0.3 is 10.2 Å². The Hall–Kier alpha value is -2.44. The molecule has 0 bridgehead atoms. The average molecular weight is 418 g/mol. The number of piperazine rings is 1. The Kier molecular flexibility index (Phi) is 6.87. The van der Waals surface area contributed by atoms with Crippen LogP contribution in [-0.4, -0.2) is 53.8 Å². The van der Waals surface area contributed by atoms with E-state index in [4.69, 9.17) is 11.6 Å². The summed E-state index contributed by atoms with van der Waals surface area (Å²) in [6.07, 6.45) is 0.395. The van der Waals surface area contributed by atoms with Crippen molar-refractivity contribution in [1.82, 2.24) is 9.80 Å². The Morgan fingerprint density at radius 1 is 1.14 bits per heavy atom. The first-order valence-electron chi connectivity index (χ1n) is 9.67. The van der Waals surface area contributed by atoms with Crippen LogP contribution in [0.4, 0.5) is 10.1 Å². The van der Waals surface area contributed by atoms with Crippen molar-refractivity contribution in [3.8, 4) is 0 Å². The molecule has 1 heterocycles. The first kappa shape index (κ1) is 21.3. The van der Waals surface area contributed by atoms with Crippen LogP contribution in [0.2, 0.25) is 5.02 Å². The summed E-state index contributed by atoms with van der Waals surface area (Å²) in [5, 5.41) is 2.91. The van der Waals surface area contributed by atoms with Crippen molar-refractivity contribution in [1.29, 1.82) is 0 Å². The van der Waals surface area contributed by atoms with Crippen LogP contribution >= 0.6 is 11.6 Å². The van der Waals surface area contributed by atoms with Crippen molar-refractivity contribution in [3.63, 3.8) is 0 Å². The summed E-state index contributed by atoms with van der Waals surface area (Å²) in [6.45, 7) is 6.22. The molecule has 1 saturated heterocycles. The molecule has 0 spiro atoms. The number of hydrogen-bond acceptors (Lipinski definition) is 3. The number of carbonyl (C=O) groups is 2. The minimum absolute atomic E-state index is 0.106. The average Bonchev–Trinajstić information content (AvgIpc) is 2.71. The van der Waals surface area contributed by atoms with Crippen molar-refractivity contribution >= 4 is 29.1 Å². The number of anilines is 1. The van der Waals surface area contributed by atoms with E-state index >= 15 is 0 Å². The number of rotatable bonds is 5. The summed E-state index contributed by atoms with van der Waals surface area (Å²) >= 11 is 5.98. The van der Waals surface area contributed by atoms with Crippen molar-refractivity contribution in [2.24, 2.45) is 0 Å². The number of aryl methyl sites for hydroxylation is 1. The zero-order valence-corrected chi connectivity index (χ0v) is 17.4. The summed E-state index contributed by atoms with van der Waals surface area (Å²) in [7, 11) is 0. The van der Waals surface area contributed by atoms with Gasteiger partial charge in [0, 0.05) is 26.2 Å². The Morgan fingerprint density at radius 2 is 1.83 bits per heavy atom. The summed E-state index contributed by atoms with van der Waals surface area (Å²) in [5.41, 5.74) is 2.55. The van der Waals surface area contributed by atoms with E-state index in [1.165, 1.54) is 18.2 Å². The van der Waals surface area contributed by atoms with Crippen LogP contribution in [0.15, 0.2) is 42.5 Å². The standard InChI is InChI=1S/C22H25ClFN3O2/c1-15-5-3-4-6-17(15)13-21(28)27-11-9-26(10-12-27)16(2)22(29)25-20-8-7-18(24)14-19(20)23/h3-8,14,16H,9-13H2,1-2H3,(H,25,29). The molecule has 1 aliphatic rings. The van der Waals surface area contributed by atoms with Gasteiger partial charge in [-0.3, -0.25) is 14.5 Å². The fourth-order valence-electron chi connectivity index (χ4n) is 3.44. The van der Waals surface area contributed by atoms with E-state index in [1.807, 2.05) is 47.9 Å². The summed E-state index contributed by atoms with van der Waals surface area (Å²) in [4.78, 5) is 29.1. The lowest BCUT2D eigenvalue weighted by atomic mass is 10.0. The second kappa shape index (κ2) is 9.37. The maximum atomic E-state index is 13.2. The highest BCUT2D eigenvalue weighted by atomic mass is 35.5. The van der Waals surface area contributed by atoms with Crippen LogP contribution in [0.3, 0.4) is 0 Å². The second-order valence-electron chi connectivity index (χ2n) is 7.31. The molecule has 3 rings (SSSR count). The molecule has 2 aromatic carbocycles. The number of amides is 2. The molecule has 0 radical (unpaired) electrons. The molecular weight excluding hydrogens is 393 g/mol. The van der Waals surface area contributed by atoms with E-state index in [2.05, 4.69) is 5.32 Å². The Labute approximate surface area is 175 Å². The summed E-state index contributed by atoms with van der Waals surface area (Å²) in [6, 6.07) is 11.4. The Morgan fingerprint density at radius 3 is 2.48 bits per heavy atom. The number of carbonyl (C=O) groups excluding carboxylic acids is 2. The van der Waals surface area contributed by atoms with Crippen molar-refractivity contribution < 1.29 is 14.0 Å². The van der Waals surface area contributed by atoms with E-state index in [0.717, 1.165) is 11.1 Å². The number of benzene rings is 2. The third kappa shape index (κ3) is 5.34. The fraction of sp³-hybridized carbons (Fsp3) is 0.364. The van der Waals surface area contributed by atoms with Crippen LogP contribution in [0.25, 0.3) is 0 Å². The molecule has 0 aliphatic carbocycles. The maximum absolute atomic E-state index is 13.2. The lowest BCUT2D eigenvalue weighted by Crippen LogP contribution is -2.54. The summed E-state index contributed by atoms with van der Waals surface area (Å²) < 4.78 is 13.2. The van der Waals surface area contributed by atoms with Crippen LogP contribution in [0.5, 0.6) is 0 Å². The van der Waals surface area contributed by atoms with Gasteiger partial charge in [0.15, 0.2) is 0 Å². The molecular formula is C22H25ClFN3O2. The number of hydrogen-bond donors (Lipinski definition) is 1. The number of nitrogens with zero attached hydrogens (tertiary/aromatic N) is 2. The molecule has 0 saturated carbocycles. The predicted octanol–water partition coefficient (Wildman–Crippen LogP) is 3.50. The molecule has 0 aromatic heterocycles. The first-order valence-corrected chi connectivity index (χ1v) is 10.0. The third-order valence-corrected chi connectivity index (χ3v) is 5.70. The number of nitrogens with one attached hydrogen (secondary N) is 1. The van der Waals surface area contributed by atoms with Gasteiger partial charge in [-0.15, -0.1) is 0 Å². The lowest BCUT2D eigenvalue weighted by Gasteiger charge is -2.37. The molecule has 2 amide bonds. The van der Waals surface area contributed by atoms with Crippen molar-refractivity contribution in [2.75, 3.05) is 31.5 Å². The van der Waals surface area contributed by atoms with E-state index in [0.29, 0.717) is 38.3 Å². The lowest BCUT2D eigenvalue weighted by molar-refractivity contribution is -0.133. The molecule has 2 aromatic rings. The maximum Gasteiger partial charge on any atom is 0.241 e. The van der Waals surface area contributed by atoms with Gasteiger partial charge in [-0.25, -0.2) is 4.39 Å². The molecule has 1 atom stereocenters. The minimum atomic E-state index is -0.451. The van der Waals surface area contributed by atoms with Gasteiger partial charge in [0.05, 0.1) is 23.2 Å². The monoisotopic (exact) mass is 417 g/mol. The van der Waals surface area contributed by atoms with E-state index in [-0.39, 0.29) is 22.9 Å². The number of halogens is 2. The van der Waals surface area contributed by atoms with Gasteiger partial charge in [-0.2, -0.15) is 0 Å². The highest BCUT2D eigenvalue weighted by Crippen LogP contribution is 2.23. The van der Waals surface area contributed by atoms with Gasteiger partial charge in [-0.05, 0) is 43.2 Å². The van der Waals surface area contributed by atoms with Crippen LogP contribution in [0.1, 0.15) is 18.1 Å². The molecule has 1 N–H and O–H groups in total. The molecule has 154 valence electrons. The zero-order chi connectivity index (χ0) is 21.0. The van der Waals surface area contributed by atoms with Crippen molar-refractivity contribution in [2.45, 2.75) is 26.3 Å². The predicted molar refractivity (Wildman–Crippen MR) is 113 cm³/mol. The topological polar surface area (TPSA) is 52.7 Å². The fourth-order valence-corrected chi connectivity index (χ4v) is 3.65. The van der Waals surface area contributed by atoms with E-state index in [1.54, 1.807) is 0 Å². The molecule has 1 fully saturated rings. The highest BCUT2D eigenvalue weighted by Gasteiger charge is 2.28. The van der Waals surface area contributed by atoms with Crippen LogP contribution < -0.4 is 5.32 Å². The van der Waals surface area contributed by atoms with Gasteiger partial charge in [0.2, 0.25) is 11.8 Å². The molecule has 7 heteroatoms. The quantitative estimate of drug-likeness (QED) is 0.810. The third-order valence-electron chi connectivity index (χ3n) is 5.39. The smallest absolute Gasteiger partial charge is 0.241 e. The van der Waals surface area contributed by atoms with Gasteiger partial charge in [-0.1, -0.05) is 35.9 Å². The largest absolute Gasteiger partial charge is 0.340 e. The Bertz CT molecular complexity index is 897. The zero-order valence-electron chi connectivity index (χ0n) is 16.6. The molecule has 5 nitrogen and oxygen atoms in total. The molecule has 1 aliphatic heterocycles. The minimum Gasteiger partial charge on any atom is -0.340 e. The SMILES string of the molecule is Cc1ccccc1CC(=O)N1CCN(C(C)C(=O)Nc2ccc(F)cc2Cl)CC1. The van der Waals surface area contributed by atoms with Gasteiger partial charge in [0.25, 0.3) is 0 Å². The Balaban J connectivity index is 1.52.